The Balaban J connectivity index is 2.00. The van der Waals surface area contributed by atoms with Gasteiger partial charge in [-0.1, -0.05) is 53.7 Å². The zero-order valence-electron chi connectivity index (χ0n) is 11.2. The summed E-state index contributed by atoms with van der Waals surface area (Å²) in [6.45, 7) is 2.76. The van der Waals surface area contributed by atoms with Crippen molar-refractivity contribution in [1.29, 1.82) is 0 Å². The van der Waals surface area contributed by atoms with Gasteiger partial charge in [-0.15, -0.1) is 0 Å². The van der Waals surface area contributed by atoms with E-state index in [9.17, 15) is 0 Å². The first-order valence-corrected chi connectivity index (χ1v) is 8.09. The second-order valence-corrected chi connectivity index (χ2v) is 6.14. The Morgan fingerprint density at radius 1 is 1.11 bits per heavy atom. The van der Waals surface area contributed by atoms with Gasteiger partial charge in [-0.3, -0.25) is 0 Å². The molecule has 2 rings (SSSR count). The maximum atomic E-state index is 5.49. The minimum atomic E-state index is 0.506. The number of alkyl halides is 1. The SMILES string of the molecule is CCOc1ccc(C(Br)C2CCCCCC2)cc1. The molecule has 0 radical (unpaired) electrons. The number of benzene rings is 1. The van der Waals surface area contributed by atoms with Crippen molar-refractivity contribution in [3.8, 4) is 5.75 Å². The van der Waals surface area contributed by atoms with Gasteiger partial charge in [0.05, 0.1) is 6.61 Å². The van der Waals surface area contributed by atoms with Gasteiger partial charge in [0.25, 0.3) is 0 Å². The summed E-state index contributed by atoms with van der Waals surface area (Å²) >= 11 is 3.90. The fourth-order valence-corrected chi connectivity index (χ4v) is 3.62. The molecule has 1 aliphatic rings. The van der Waals surface area contributed by atoms with Crippen LogP contribution in [0.1, 0.15) is 55.8 Å². The molecule has 0 aromatic heterocycles. The van der Waals surface area contributed by atoms with Crippen molar-refractivity contribution >= 4 is 15.9 Å². The van der Waals surface area contributed by atoms with Crippen LogP contribution >= 0.6 is 15.9 Å². The second-order valence-electron chi connectivity index (χ2n) is 5.16. The first-order chi connectivity index (χ1) is 8.81. The van der Waals surface area contributed by atoms with Crippen LogP contribution in [0.15, 0.2) is 24.3 Å². The fraction of sp³-hybridized carbons (Fsp3) is 0.625. The molecule has 1 saturated carbocycles. The van der Waals surface area contributed by atoms with Gasteiger partial charge in [0, 0.05) is 4.83 Å². The lowest BCUT2D eigenvalue weighted by Crippen LogP contribution is -2.06. The smallest absolute Gasteiger partial charge is 0.119 e. The average molecular weight is 311 g/mol. The summed E-state index contributed by atoms with van der Waals surface area (Å²) in [6.07, 6.45) is 8.35. The Labute approximate surface area is 119 Å². The highest BCUT2D eigenvalue weighted by molar-refractivity contribution is 9.09. The van der Waals surface area contributed by atoms with E-state index in [4.69, 9.17) is 4.74 Å². The van der Waals surface area contributed by atoms with Crippen LogP contribution in [-0.4, -0.2) is 6.61 Å². The molecule has 0 bridgehead atoms. The third kappa shape index (κ3) is 3.74. The molecular weight excluding hydrogens is 288 g/mol. The van der Waals surface area contributed by atoms with Crippen molar-refractivity contribution in [1.82, 2.24) is 0 Å². The van der Waals surface area contributed by atoms with Gasteiger partial charge < -0.3 is 4.74 Å². The van der Waals surface area contributed by atoms with Gasteiger partial charge >= 0.3 is 0 Å². The number of hydrogen-bond acceptors (Lipinski definition) is 1. The first kappa shape index (κ1) is 13.9. The lowest BCUT2D eigenvalue weighted by Gasteiger charge is -2.21. The minimum absolute atomic E-state index is 0.506. The molecule has 1 aromatic rings. The highest BCUT2D eigenvalue weighted by Gasteiger charge is 2.21. The molecule has 1 nitrogen and oxygen atoms in total. The predicted molar refractivity (Wildman–Crippen MR) is 80.5 cm³/mol. The van der Waals surface area contributed by atoms with Crippen LogP contribution < -0.4 is 4.74 Å². The summed E-state index contributed by atoms with van der Waals surface area (Å²) in [5.74, 6) is 1.77. The van der Waals surface area contributed by atoms with E-state index in [2.05, 4.69) is 40.2 Å². The van der Waals surface area contributed by atoms with Gasteiger partial charge in [-0.05, 0) is 43.4 Å². The van der Waals surface area contributed by atoms with Crippen molar-refractivity contribution in [2.24, 2.45) is 5.92 Å². The lowest BCUT2D eigenvalue weighted by molar-refractivity contribution is 0.340. The molecule has 2 heteroatoms. The molecule has 0 heterocycles. The van der Waals surface area contributed by atoms with E-state index in [0.29, 0.717) is 4.83 Å². The fourth-order valence-electron chi connectivity index (χ4n) is 2.79. The number of hydrogen-bond donors (Lipinski definition) is 0. The molecule has 1 fully saturated rings. The normalized spacial score (nSPS) is 19.2. The molecule has 1 aromatic carbocycles. The molecule has 1 unspecified atom stereocenters. The highest BCUT2D eigenvalue weighted by atomic mass is 79.9. The molecule has 0 spiro atoms. The monoisotopic (exact) mass is 310 g/mol. The van der Waals surface area contributed by atoms with Crippen LogP contribution in [-0.2, 0) is 0 Å². The Hall–Kier alpha value is -0.500. The zero-order chi connectivity index (χ0) is 12.8. The lowest BCUT2D eigenvalue weighted by atomic mass is 9.92. The minimum Gasteiger partial charge on any atom is -0.494 e. The van der Waals surface area contributed by atoms with E-state index in [1.54, 1.807) is 0 Å². The van der Waals surface area contributed by atoms with E-state index in [1.807, 2.05) is 6.92 Å². The van der Waals surface area contributed by atoms with Gasteiger partial charge in [0.2, 0.25) is 0 Å². The largest absolute Gasteiger partial charge is 0.494 e. The summed E-state index contributed by atoms with van der Waals surface area (Å²) in [5, 5.41) is 0. The van der Waals surface area contributed by atoms with Crippen LogP contribution in [0.25, 0.3) is 0 Å². The second kappa shape index (κ2) is 7.18. The van der Waals surface area contributed by atoms with Gasteiger partial charge in [-0.2, -0.15) is 0 Å². The van der Waals surface area contributed by atoms with E-state index in [1.165, 1.54) is 44.1 Å². The average Bonchev–Trinajstić information content (AvgIpc) is 2.68. The van der Waals surface area contributed by atoms with E-state index in [0.717, 1.165) is 18.3 Å². The zero-order valence-corrected chi connectivity index (χ0v) is 12.8. The Kier molecular flexibility index (Phi) is 5.55. The van der Waals surface area contributed by atoms with Gasteiger partial charge in [0.15, 0.2) is 0 Å². The first-order valence-electron chi connectivity index (χ1n) is 7.18. The number of halogens is 1. The molecule has 0 saturated heterocycles. The van der Waals surface area contributed by atoms with Crippen molar-refractivity contribution in [3.05, 3.63) is 29.8 Å². The molecule has 100 valence electrons. The third-order valence-electron chi connectivity index (χ3n) is 3.82. The van der Waals surface area contributed by atoms with Crippen LogP contribution in [0, 0.1) is 5.92 Å². The summed E-state index contributed by atoms with van der Waals surface area (Å²) in [7, 11) is 0. The third-order valence-corrected chi connectivity index (χ3v) is 5.10. The summed E-state index contributed by atoms with van der Waals surface area (Å²) in [5.41, 5.74) is 1.39. The molecule has 18 heavy (non-hydrogen) atoms. The maximum absolute atomic E-state index is 5.49. The van der Waals surface area contributed by atoms with Crippen molar-refractivity contribution in [3.63, 3.8) is 0 Å². The summed E-state index contributed by atoms with van der Waals surface area (Å²) < 4.78 is 5.49. The van der Waals surface area contributed by atoms with Crippen molar-refractivity contribution in [2.75, 3.05) is 6.61 Å². The van der Waals surface area contributed by atoms with E-state index >= 15 is 0 Å². The van der Waals surface area contributed by atoms with E-state index < -0.39 is 0 Å². The Morgan fingerprint density at radius 3 is 2.28 bits per heavy atom. The van der Waals surface area contributed by atoms with Crippen LogP contribution in [0.5, 0.6) is 5.75 Å². The van der Waals surface area contributed by atoms with Crippen LogP contribution in [0.3, 0.4) is 0 Å². The van der Waals surface area contributed by atoms with Crippen LogP contribution in [0.4, 0.5) is 0 Å². The molecule has 0 amide bonds. The standard InChI is InChI=1S/C16H23BrO/c1-2-18-15-11-9-14(10-12-15)16(17)13-7-5-3-4-6-8-13/h9-13,16H,2-8H2,1H3. The predicted octanol–water partition coefficient (Wildman–Crippen LogP) is 5.49. The number of rotatable bonds is 4. The quantitative estimate of drug-likeness (QED) is 0.527. The molecule has 0 aliphatic heterocycles. The summed E-state index contributed by atoms with van der Waals surface area (Å²) in [4.78, 5) is 0.506. The van der Waals surface area contributed by atoms with Crippen LogP contribution in [0.2, 0.25) is 0 Å². The summed E-state index contributed by atoms with van der Waals surface area (Å²) in [6, 6.07) is 8.58. The van der Waals surface area contributed by atoms with Gasteiger partial charge in [-0.25, -0.2) is 0 Å². The topological polar surface area (TPSA) is 9.23 Å². The van der Waals surface area contributed by atoms with Crippen molar-refractivity contribution < 1.29 is 4.74 Å². The molecular formula is C16H23BrO. The molecule has 1 atom stereocenters. The Morgan fingerprint density at radius 2 is 1.72 bits per heavy atom. The van der Waals surface area contributed by atoms with Crippen molar-refractivity contribution in [2.45, 2.75) is 50.3 Å². The highest BCUT2D eigenvalue weighted by Crippen LogP contribution is 2.39. The van der Waals surface area contributed by atoms with E-state index in [-0.39, 0.29) is 0 Å². The molecule has 1 aliphatic carbocycles. The molecule has 0 N–H and O–H groups in total. The number of ether oxygens (including phenoxy) is 1. The Bertz CT molecular complexity index is 339. The maximum Gasteiger partial charge on any atom is 0.119 e. The van der Waals surface area contributed by atoms with Gasteiger partial charge in [0.1, 0.15) is 5.75 Å².